The Morgan fingerprint density at radius 3 is 2.75 bits per heavy atom. The van der Waals surface area contributed by atoms with E-state index in [0.717, 1.165) is 12.1 Å². The van der Waals surface area contributed by atoms with Crippen molar-refractivity contribution >= 4 is 5.91 Å². The molecule has 0 spiro atoms. The zero-order chi connectivity index (χ0) is 11.0. The van der Waals surface area contributed by atoms with Gasteiger partial charge in [-0.25, -0.2) is 0 Å². The molecule has 1 saturated carbocycles. The van der Waals surface area contributed by atoms with Gasteiger partial charge >= 0.3 is 0 Å². The van der Waals surface area contributed by atoms with Gasteiger partial charge in [-0.2, -0.15) is 0 Å². The van der Waals surface area contributed by atoms with Crippen LogP contribution < -0.4 is 10.6 Å². The predicted molar refractivity (Wildman–Crippen MR) is 60.9 cm³/mol. The maximum absolute atomic E-state index is 12.0. The van der Waals surface area contributed by atoms with Gasteiger partial charge in [0.1, 0.15) is 6.04 Å². The van der Waals surface area contributed by atoms with Crippen LogP contribution in [0, 0.1) is 0 Å². The van der Waals surface area contributed by atoms with Crippen molar-refractivity contribution in [2.45, 2.75) is 43.8 Å². The summed E-state index contributed by atoms with van der Waals surface area (Å²) in [6.45, 7) is 0. The summed E-state index contributed by atoms with van der Waals surface area (Å²) in [5.41, 5.74) is 0.960. The summed E-state index contributed by atoms with van der Waals surface area (Å²) >= 11 is 0. The van der Waals surface area contributed by atoms with Gasteiger partial charge in [-0.15, -0.1) is 0 Å². The highest BCUT2D eigenvalue weighted by molar-refractivity contribution is 5.84. The fraction of sp³-hybridized carbons (Fsp3) is 0.583. The maximum atomic E-state index is 12.0. The first kappa shape index (κ1) is 9.90. The molecule has 2 fully saturated rings. The van der Waals surface area contributed by atoms with Crippen LogP contribution in [-0.2, 0) is 4.79 Å². The van der Waals surface area contributed by atoms with E-state index in [-0.39, 0.29) is 11.9 Å². The second-order valence-corrected chi connectivity index (χ2v) is 4.73. The first-order chi connectivity index (χ1) is 7.84. The second-order valence-electron chi connectivity index (χ2n) is 4.73. The molecule has 0 unspecified atom stereocenters. The number of amides is 1. The van der Waals surface area contributed by atoms with Crippen molar-refractivity contribution in [1.82, 2.24) is 15.6 Å². The molecule has 3 atom stereocenters. The molecule has 4 heteroatoms. The van der Waals surface area contributed by atoms with Crippen molar-refractivity contribution in [3.63, 3.8) is 0 Å². The molecule has 0 radical (unpaired) electrons. The standard InChI is InChI=1S/C12H17N3O/c16-12-11(10-6-3-7-13-10)14-8-4-1-2-5-9(8)15-12/h3,6-9,11,13-14H,1-2,4-5H2,(H,15,16)/t8-,9-,11+/m1/s1. The summed E-state index contributed by atoms with van der Waals surface area (Å²) in [5, 5.41) is 6.60. The molecule has 4 nitrogen and oxygen atoms in total. The monoisotopic (exact) mass is 219 g/mol. The highest BCUT2D eigenvalue weighted by Crippen LogP contribution is 2.25. The Morgan fingerprint density at radius 2 is 2.00 bits per heavy atom. The first-order valence-electron chi connectivity index (χ1n) is 6.04. The molecule has 1 saturated heterocycles. The maximum Gasteiger partial charge on any atom is 0.243 e. The van der Waals surface area contributed by atoms with Crippen LogP contribution in [0.1, 0.15) is 37.4 Å². The molecule has 16 heavy (non-hydrogen) atoms. The summed E-state index contributed by atoms with van der Waals surface area (Å²) < 4.78 is 0. The van der Waals surface area contributed by atoms with E-state index in [1.165, 1.54) is 19.3 Å². The third-order valence-electron chi connectivity index (χ3n) is 3.67. The molecule has 1 aromatic rings. The van der Waals surface area contributed by atoms with E-state index in [9.17, 15) is 4.79 Å². The molecule has 86 valence electrons. The van der Waals surface area contributed by atoms with E-state index in [4.69, 9.17) is 0 Å². The van der Waals surface area contributed by atoms with Gasteiger partial charge < -0.3 is 10.3 Å². The first-order valence-corrected chi connectivity index (χ1v) is 6.04. The predicted octanol–water partition coefficient (Wildman–Crippen LogP) is 1.09. The zero-order valence-electron chi connectivity index (χ0n) is 9.20. The van der Waals surface area contributed by atoms with Gasteiger partial charge in [0.25, 0.3) is 0 Å². The summed E-state index contributed by atoms with van der Waals surface area (Å²) in [5.74, 6) is 0.102. The van der Waals surface area contributed by atoms with Crippen molar-refractivity contribution in [3.8, 4) is 0 Å². The Balaban J connectivity index is 1.79. The molecule has 0 aromatic carbocycles. The summed E-state index contributed by atoms with van der Waals surface area (Å²) in [4.78, 5) is 15.1. The minimum atomic E-state index is -0.200. The third kappa shape index (κ3) is 1.63. The molecule has 1 aliphatic carbocycles. The topological polar surface area (TPSA) is 56.9 Å². The van der Waals surface area contributed by atoms with Gasteiger partial charge in [0.05, 0.1) is 0 Å². The fourth-order valence-corrected chi connectivity index (χ4v) is 2.81. The van der Waals surface area contributed by atoms with Gasteiger partial charge in [0.2, 0.25) is 5.91 Å². The van der Waals surface area contributed by atoms with Gasteiger partial charge in [0, 0.05) is 24.0 Å². The number of aromatic nitrogens is 1. The molecule has 1 aromatic heterocycles. The number of rotatable bonds is 1. The molecular formula is C12H17N3O. The third-order valence-corrected chi connectivity index (χ3v) is 3.67. The van der Waals surface area contributed by atoms with Crippen LogP contribution in [0.5, 0.6) is 0 Å². The fourth-order valence-electron chi connectivity index (χ4n) is 2.81. The van der Waals surface area contributed by atoms with Crippen LogP contribution in [-0.4, -0.2) is 23.0 Å². The Kier molecular flexibility index (Phi) is 2.44. The molecule has 3 rings (SSSR count). The van der Waals surface area contributed by atoms with Gasteiger partial charge in [-0.1, -0.05) is 12.8 Å². The van der Waals surface area contributed by atoms with Gasteiger partial charge in [-0.3, -0.25) is 10.1 Å². The van der Waals surface area contributed by atoms with Gasteiger partial charge in [0.15, 0.2) is 0 Å². The Hall–Kier alpha value is -1.29. The van der Waals surface area contributed by atoms with Gasteiger partial charge in [-0.05, 0) is 25.0 Å². The van der Waals surface area contributed by atoms with Crippen molar-refractivity contribution in [1.29, 1.82) is 0 Å². The Labute approximate surface area is 94.8 Å². The second kappa shape index (κ2) is 3.94. The van der Waals surface area contributed by atoms with Crippen LogP contribution >= 0.6 is 0 Å². The van der Waals surface area contributed by atoms with Crippen molar-refractivity contribution in [2.24, 2.45) is 0 Å². The lowest BCUT2D eigenvalue weighted by atomic mass is 9.87. The number of fused-ring (bicyclic) bond motifs is 1. The molecule has 0 bridgehead atoms. The number of hydrogen-bond acceptors (Lipinski definition) is 2. The summed E-state index contributed by atoms with van der Waals surface area (Å²) in [6.07, 6.45) is 6.64. The zero-order valence-corrected chi connectivity index (χ0v) is 9.20. The Bertz CT molecular complexity index is 374. The molecular weight excluding hydrogens is 202 g/mol. The van der Waals surface area contributed by atoms with Crippen molar-refractivity contribution in [3.05, 3.63) is 24.0 Å². The van der Waals surface area contributed by atoms with E-state index in [0.29, 0.717) is 12.1 Å². The average molecular weight is 219 g/mol. The number of H-pyrrole nitrogens is 1. The van der Waals surface area contributed by atoms with Crippen LogP contribution in [0.4, 0.5) is 0 Å². The molecule has 2 heterocycles. The van der Waals surface area contributed by atoms with Crippen LogP contribution in [0.25, 0.3) is 0 Å². The smallest absolute Gasteiger partial charge is 0.243 e. The lowest BCUT2D eigenvalue weighted by Crippen LogP contribution is -2.61. The number of piperazine rings is 1. The van der Waals surface area contributed by atoms with Crippen LogP contribution in [0.15, 0.2) is 18.3 Å². The summed E-state index contributed by atoms with van der Waals surface area (Å²) in [7, 11) is 0. The van der Waals surface area contributed by atoms with E-state index in [1.807, 2.05) is 18.3 Å². The molecule has 1 aliphatic heterocycles. The van der Waals surface area contributed by atoms with E-state index >= 15 is 0 Å². The average Bonchev–Trinajstić information content (AvgIpc) is 2.81. The quantitative estimate of drug-likeness (QED) is 0.662. The van der Waals surface area contributed by atoms with E-state index in [2.05, 4.69) is 15.6 Å². The highest BCUT2D eigenvalue weighted by Gasteiger charge is 2.37. The number of carbonyl (C=O) groups excluding carboxylic acids is 1. The number of carbonyl (C=O) groups is 1. The van der Waals surface area contributed by atoms with Crippen molar-refractivity contribution in [2.75, 3.05) is 0 Å². The minimum Gasteiger partial charge on any atom is -0.363 e. The largest absolute Gasteiger partial charge is 0.363 e. The number of nitrogens with one attached hydrogen (secondary N) is 3. The van der Waals surface area contributed by atoms with Crippen molar-refractivity contribution < 1.29 is 4.79 Å². The van der Waals surface area contributed by atoms with Crippen LogP contribution in [0.2, 0.25) is 0 Å². The number of aromatic amines is 1. The molecule has 3 N–H and O–H groups in total. The summed E-state index contributed by atoms with van der Waals surface area (Å²) in [6, 6.07) is 4.47. The lowest BCUT2D eigenvalue weighted by Gasteiger charge is -2.40. The molecule has 2 aliphatic rings. The van der Waals surface area contributed by atoms with E-state index in [1.54, 1.807) is 0 Å². The minimum absolute atomic E-state index is 0.102. The van der Waals surface area contributed by atoms with E-state index < -0.39 is 0 Å². The normalized spacial score (nSPS) is 34.2. The Morgan fingerprint density at radius 1 is 1.19 bits per heavy atom. The van der Waals surface area contributed by atoms with Crippen LogP contribution in [0.3, 0.4) is 0 Å². The lowest BCUT2D eigenvalue weighted by molar-refractivity contribution is -0.127. The molecule has 1 amide bonds. The number of hydrogen-bond donors (Lipinski definition) is 3. The highest BCUT2D eigenvalue weighted by atomic mass is 16.2. The SMILES string of the molecule is O=C1N[C@@H]2CCCC[C@H]2N[C@H]1c1ccc[nH]1.